The van der Waals surface area contributed by atoms with Crippen LogP contribution in [-0.2, 0) is 4.74 Å². The first-order valence-corrected chi connectivity index (χ1v) is 8.04. The van der Waals surface area contributed by atoms with Gasteiger partial charge in [0.05, 0.1) is 18.8 Å². The SMILES string of the molecule is CNC1CCCN(C(=O)c2cccnc2N2CCOCC2)C1. The Labute approximate surface area is 131 Å². The van der Waals surface area contributed by atoms with Crippen molar-refractivity contribution in [3.63, 3.8) is 0 Å². The van der Waals surface area contributed by atoms with Crippen molar-refractivity contribution in [2.75, 3.05) is 51.3 Å². The van der Waals surface area contributed by atoms with Gasteiger partial charge in [-0.15, -0.1) is 0 Å². The maximum Gasteiger partial charge on any atom is 0.257 e. The Morgan fingerprint density at radius 1 is 1.36 bits per heavy atom. The van der Waals surface area contributed by atoms with Gasteiger partial charge >= 0.3 is 0 Å². The molecule has 0 aliphatic carbocycles. The van der Waals surface area contributed by atoms with Crippen molar-refractivity contribution in [3.05, 3.63) is 23.9 Å². The number of piperidine rings is 1. The zero-order valence-electron chi connectivity index (χ0n) is 13.1. The number of carbonyl (C=O) groups is 1. The van der Waals surface area contributed by atoms with Gasteiger partial charge in [-0.25, -0.2) is 4.98 Å². The standard InChI is InChI=1S/C16H24N4O2/c1-17-13-4-3-7-20(12-13)16(21)14-5-2-6-18-15(14)19-8-10-22-11-9-19/h2,5-6,13,17H,3-4,7-12H2,1H3. The average Bonchev–Trinajstić information content (AvgIpc) is 2.62. The Kier molecular flexibility index (Phi) is 4.90. The van der Waals surface area contributed by atoms with Crippen LogP contribution in [0.15, 0.2) is 18.3 Å². The Morgan fingerprint density at radius 3 is 2.95 bits per heavy atom. The molecule has 2 saturated heterocycles. The van der Waals surface area contributed by atoms with E-state index in [1.807, 2.05) is 24.1 Å². The van der Waals surface area contributed by atoms with Crippen molar-refractivity contribution in [3.8, 4) is 0 Å². The monoisotopic (exact) mass is 304 g/mol. The number of morpholine rings is 1. The molecule has 120 valence electrons. The predicted molar refractivity (Wildman–Crippen MR) is 85.3 cm³/mol. The zero-order chi connectivity index (χ0) is 15.4. The summed E-state index contributed by atoms with van der Waals surface area (Å²) in [6.45, 7) is 4.56. The lowest BCUT2D eigenvalue weighted by atomic mass is 10.0. The molecular formula is C16H24N4O2. The molecule has 1 amide bonds. The zero-order valence-corrected chi connectivity index (χ0v) is 13.1. The number of carbonyl (C=O) groups excluding carboxylic acids is 1. The summed E-state index contributed by atoms with van der Waals surface area (Å²) in [5.74, 6) is 0.886. The van der Waals surface area contributed by atoms with Gasteiger partial charge in [0.25, 0.3) is 5.91 Å². The van der Waals surface area contributed by atoms with Crippen LogP contribution >= 0.6 is 0 Å². The second kappa shape index (κ2) is 7.07. The number of nitrogens with zero attached hydrogens (tertiary/aromatic N) is 3. The van der Waals surface area contributed by atoms with Crippen LogP contribution in [0, 0.1) is 0 Å². The van der Waals surface area contributed by atoms with E-state index in [-0.39, 0.29) is 5.91 Å². The summed E-state index contributed by atoms with van der Waals surface area (Å²) in [6.07, 6.45) is 3.93. The highest BCUT2D eigenvalue weighted by Gasteiger charge is 2.27. The predicted octanol–water partition coefficient (Wildman–Crippen LogP) is 0.742. The summed E-state index contributed by atoms with van der Waals surface area (Å²) >= 11 is 0. The number of likely N-dealkylation sites (N-methyl/N-ethyl adjacent to an activating group) is 1. The summed E-state index contributed by atoms with van der Waals surface area (Å²) in [7, 11) is 1.96. The lowest BCUT2D eigenvalue weighted by Gasteiger charge is -2.34. The summed E-state index contributed by atoms with van der Waals surface area (Å²) in [6, 6.07) is 4.13. The molecule has 2 aliphatic heterocycles. The normalized spacial score (nSPS) is 22.7. The molecule has 1 aromatic heterocycles. The number of nitrogens with one attached hydrogen (secondary N) is 1. The number of hydrogen-bond acceptors (Lipinski definition) is 5. The Bertz CT molecular complexity index is 517. The molecule has 1 N–H and O–H groups in total. The number of aromatic nitrogens is 1. The van der Waals surface area contributed by atoms with Crippen molar-refractivity contribution in [1.29, 1.82) is 0 Å². The van der Waals surface area contributed by atoms with Gasteiger partial charge in [0, 0.05) is 38.4 Å². The molecule has 0 bridgehead atoms. The van der Waals surface area contributed by atoms with E-state index in [0.29, 0.717) is 24.8 Å². The van der Waals surface area contributed by atoms with E-state index in [9.17, 15) is 4.79 Å². The number of rotatable bonds is 3. The molecule has 3 rings (SSSR count). The van der Waals surface area contributed by atoms with Gasteiger partial charge in [0.15, 0.2) is 0 Å². The number of pyridine rings is 1. The molecule has 1 unspecified atom stereocenters. The fraction of sp³-hybridized carbons (Fsp3) is 0.625. The van der Waals surface area contributed by atoms with Crippen molar-refractivity contribution in [1.82, 2.24) is 15.2 Å². The highest BCUT2D eigenvalue weighted by molar-refractivity contribution is 5.99. The Balaban J connectivity index is 1.80. The highest BCUT2D eigenvalue weighted by atomic mass is 16.5. The lowest BCUT2D eigenvalue weighted by molar-refractivity contribution is 0.0697. The summed E-state index contributed by atoms with van der Waals surface area (Å²) in [5, 5.41) is 3.28. The van der Waals surface area contributed by atoms with E-state index in [4.69, 9.17) is 4.74 Å². The van der Waals surface area contributed by atoms with Crippen LogP contribution in [0.5, 0.6) is 0 Å². The first-order valence-electron chi connectivity index (χ1n) is 8.04. The van der Waals surface area contributed by atoms with E-state index in [1.165, 1.54) is 0 Å². The largest absolute Gasteiger partial charge is 0.378 e. The highest BCUT2D eigenvalue weighted by Crippen LogP contribution is 2.22. The van der Waals surface area contributed by atoms with Crippen LogP contribution in [0.3, 0.4) is 0 Å². The summed E-state index contributed by atoms with van der Waals surface area (Å²) < 4.78 is 5.39. The van der Waals surface area contributed by atoms with Crippen LogP contribution in [-0.4, -0.2) is 68.3 Å². The molecule has 1 atom stereocenters. The third kappa shape index (κ3) is 3.23. The second-order valence-corrected chi connectivity index (χ2v) is 5.85. The van der Waals surface area contributed by atoms with Crippen molar-refractivity contribution in [2.24, 2.45) is 0 Å². The Morgan fingerprint density at radius 2 is 2.18 bits per heavy atom. The van der Waals surface area contributed by atoms with Crippen LogP contribution in [0.25, 0.3) is 0 Å². The summed E-state index contributed by atoms with van der Waals surface area (Å²) in [5.41, 5.74) is 0.709. The van der Waals surface area contributed by atoms with E-state index in [1.54, 1.807) is 6.20 Å². The van der Waals surface area contributed by atoms with Crippen LogP contribution < -0.4 is 10.2 Å². The van der Waals surface area contributed by atoms with Crippen molar-refractivity contribution in [2.45, 2.75) is 18.9 Å². The quantitative estimate of drug-likeness (QED) is 0.893. The van der Waals surface area contributed by atoms with E-state index in [0.717, 1.165) is 44.8 Å². The smallest absolute Gasteiger partial charge is 0.257 e. The maximum atomic E-state index is 12.9. The minimum Gasteiger partial charge on any atom is -0.378 e. The van der Waals surface area contributed by atoms with Crippen LogP contribution in [0.4, 0.5) is 5.82 Å². The van der Waals surface area contributed by atoms with Gasteiger partial charge in [0.1, 0.15) is 5.82 Å². The molecular weight excluding hydrogens is 280 g/mol. The summed E-state index contributed by atoms with van der Waals surface area (Å²) in [4.78, 5) is 21.5. The third-order valence-corrected chi connectivity index (χ3v) is 4.44. The topological polar surface area (TPSA) is 57.7 Å². The molecule has 22 heavy (non-hydrogen) atoms. The van der Waals surface area contributed by atoms with Crippen LogP contribution in [0.2, 0.25) is 0 Å². The van der Waals surface area contributed by atoms with Gasteiger partial charge in [-0.1, -0.05) is 0 Å². The first-order chi connectivity index (χ1) is 10.8. The molecule has 2 aliphatic rings. The first kappa shape index (κ1) is 15.2. The molecule has 0 saturated carbocycles. The molecule has 0 spiro atoms. The minimum atomic E-state index is 0.0922. The van der Waals surface area contributed by atoms with Gasteiger partial charge in [-0.2, -0.15) is 0 Å². The second-order valence-electron chi connectivity index (χ2n) is 5.85. The molecule has 1 aromatic rings. The van der Waals surface area contributed by atoms with Crippen LogP contribution in [0.1, 0.15) is 23.2 Å². The van der Waals surface area contributed by atoms with Gasteiger partial charge in [0.2, 0.25) is 0 Å². The Hall–Kier alpha value is -1.66. The lowest BCUT2D eigenvalue weighted by Crippen LogP contribution is -2.47. The molecule has 2 fully saturated rings. The number of hydrogen-bond donors (Lipinski definition) is 1. The average molecular weight is 304 g/mol. The fourth-order valence-electron chi connectivity index (χ4n) is 3.16. The van der Waals surface area contributed by atoms with E-state index >= 15 is 0 Å². The number of amides is 1. The maximum absolute atomic E-state index is 12.9. The van der Waals surface area contributed by atoms with Gasteiger partial charge in [-0.05, 0) is 32.0 Å². The van der Waals surface area contributed by atoms with Gasteiger partial charge < -0.3 is 19.9 Å². The van der Waals surface area contributed by atoms with Crippen molar-refractivity contribution >= 4 is 11.7 Å². The third-order valence-electron chi connectivity index (χ3n) is 4.44. The van der Waals surface area contributed by atoms with Gasteiger partial charge in [-0.3, -0.25) is 4.79 Å². The minimum absolute atomic E-state index is 0.0922. The number of anilines is 1. The number of likely N-dealkylation sites (tertiary alicyclic amines) is 1. The molecule has 6 nitrogen and oxygen atoms in total. The number of ether oxygens (including phenoxy) is 1. The molecule has 0 aromatic carbocycles. The molecule has 3 heterocycles. The molecule has 0 radical (unpaired) electrons. The van der Waals surface area contributed by atoms with Crippen molar-refractivity contribution < 1.29 is 9.53 Å². The molecule has 6 heteroatoms. The fourth-order valence-corrected chi connectivity index (χ4v) is 3.16. The van der Waals surface area contributed by atoms with E-state index < -0.39 is 0 Å². The van der Waals surface area contributed by atoms with E-state index in [2.05, 4.69) is 15.2 Å².